The van der Waals surface area contributed by atoms with Gasteiger partial charge in [0, 0.05) is 16.1 Å². The van der Waals surface area contributed by atoms with E-state index >= 15 is 0 Å². The van der Waals surface area contributed by atoms with Crippen LogP contribution in [-0.4, -0.2) is 62.5 Å². The Kier molecular flexibility index (Phi) is 7.18. The number of nitrogens with zero attached hydrogens (tertiary/aromatic N) is 1. The van der Waals surface area contributed by atoms with Crippen LogP contribution in [0.2, 0.25) is 0 Å². The van der Waals surface area contributed by atoms with Crippen LogP contribution in [0.5, 0.6) is 5.75 Å². The highest BCUT2D eigenvalue weighted by Gasteiger charge is 2.77. The zero-order valence-electron chi connectivity index (χ0n) is 23.1. The lowest BCUT2D eigenvalue weighted by Crippen LogP contribution is -2.54. The highest BCUT2D eigenvalue weighted by Crippen LogP contribution is 2.71. The molecular formula is C30H37N3O5S. The van der Waals surface area contributed by atoms with E-state index in [-0.39, 0.29) is 24.3 Å². The molecule has 2 aromatic carbocycles. The number of benzene rings is 2. The number of nitrogens with one attached hydrogen (secondary N) is 2. The smallest absolute Gasteiger partial charge is 0.248 e. The van der Waals surface area contributed by atoms with Crippen molar-refractivity contribution in [1.29, 1.82) is 0 Å². The molecule has 3 N–H and O–H groups in total. The van der Waals surface area contributed by atoms with Crippen LogP contribution in [0.1, 0.15) is 44.7 Å². The first-order valence-corrected chi connectivity index (χ1v) is 14.4. The molecule has 3 amide bonds. The Balaban J connectivity index is 1.49. The number of anilines is 2. The molecule has 3 saturated heterocycles. The Bertz CT molecular complexity index is 1280. The summed E-state index contributed by atoms with van der Waals surface area (Å²) < 4.78 is 4.27. The first-order chi connectivity index (χ1) is 18.6. The molecule has 2 bridgehead atoms. The van der Waals surface area contributed by atoms with Crippen molar-refractivity contribution >= 4 is 40.9 Å². The van der Waals surface area contributed by atoms with Gasteiger partial charge >= 0.3 is 0 Å². The Morgan fingerprint density at radius 1 is 1.10 bits per heavy atom. The number of amides is 3. The van der Waals surface area contributed by atoms with Gasteiger partial charge < -0.3 is 25.4 Å². The predicted molar refractivity (Wildman–Crippen MR) is 153 cm³/mol. The average Bonchev–Trinajstić information content (AvgIpc) is 3.47. The normalized spacial score (nSPS) is 29.7. The fourth-order valence-corrected chi connectivity index (χ4v) is 9.19. The van der Waals surface area contributed by atoms with E-state index in [0.29, 0.717) is 24.5 Å². The number of para-hydroxylation sites is 1. The number of aliphatic hydroxyl groups is 1. The van der Waals surface area contributed by atoms with E-state index in [1.54, 1.807) is 47.9 Å². The van der Waals surface area contributed by atoms with E-state index in [2.05, 4.69) is 10.6 Å². The van der Waals surface area contributed by atoms with Crippen molar-refractivity contribution in [1.82, 2.24) is 4.90 Å². The van der Waals surface area contributed by atoms with Crippen molar-refractivity contribution in [3.05, 3.63) is 53.6 Å². The van der Waals surface area contributed by atoms with E-state index in [9.17, 15) is 19.5 Å². The standard InChI is InChI=1S/C30H37N3O5S/c1-6-38-21-12-10-20(11-13-21)31-26(35)22-23-28(37)33(19(4)16-34)25(30(23)15-14-29(22,5)39-30)27(36)32-24-17(2)8-7-9-18(24)3/h7-13,19,22-23,25,34H,6,14-16H2,1-5H3,(H,31,35)(H,32,36)/t19-,22+,23+,25?,29-,30?/m1/s1. The Hall–Kier alpha value is -3.04. The zero-order chi connectivity index (χ0) is 28.1. The number of carbonyl (C=O) groups excluding carboxylic acids is 3. The molecule has 2 unspecified atom stereocenters. The monoisotopic (exact) mass is 551 g/mol. The van der Waals surface area contributed by atoms with Gasteiger partial charge in [0.25, 0.3) is 0 Å². The third-order valence-electron chi connectivity index (χ3n) is 8.65. The molecule has 39 heavy (non-hydrogen) atoms. The van der Waals surface area contributed by atoms with Gasteiger partial charge in [0.2, 0.25) is 17.7 Å². The summed E-state index contributed by atoms with van der Waals surface area (Å²) in [4.78, 5) is 43.6. The first kappa shape index (κ1) is 27.5. The van der Waals surface area contributed by atoms with Gasteiger partial charge in [0.15, 0.2) is 0 Å². The first-order valence-electron chi connectivity index (χ1n) is 13.6. The molecule has 0 aromatic heterocycles. The Morgan fingerprint density at radius 2 is 1.77 bits per heavy atom. The number of ether oxygens (including phenoxy) is 1. The van der Waals surface area contributed by atoms with Crippen LogP contribution >= 0.6 is 11.8 Å². The Labute approximate surface area is 233 Å². The zero-order valence-corrected chi connectivity index (χ0v) is 23.9. The summed E-state index contributed by atoms with van der Waals surface area (Å²) in [6.45, 7) is 9.87. The van der Waals surface area contributed by atoms with Crippen molar-refractivity contribution in [3.8, 4) is 5.75 Å². The van der Waals surface area contributed by atoms with E-state index < -0.39 is 33.4 Å². The van der Waals surface area contributed by atoms with Crippen LogP contribution < -0.4 is 15.4 Å². The second kappa shape index (κ2) is 10.2. The Morgan fingerprint density at radius 3 is 2.38 bits per heavy atom. The topological polar surface area (TPSA) is 108 Å². The molecule has 3 aliphatic heterocycles. The van der Waals surface area contributed by atoms with E-state index in [1.807, 2.05) is 45.9 Å². The van der Waals surface area contributed by atoms with Crippen LogP contribution in [0.3, 0.4) is 0 Å². The van der Waals surface area contributed by atoms with Crippen LogP contribution in [-0.2, 0) is 14.4 Å². The fourth-order valence-electron chi connectivity index (χ4n) is 6.85. The summed E-state index contributed by atoms with van der Waals surface area (Å²) in [7, 11) is 0. The van der Waals surface area contributed by atoms with Crippen molar-refractivity contribution in [2.45, 2.75) is 69.0 Å². The molecule has 2 aromatic rings. The minimum Gasteiger partial charge on any atom is -0.494 e. The maximum absolute atomic E-state index is 14.1. The summed E-state index contributed by atoms with van der Waals surface area (Å²) in [5.74, 6) is -1.28. The van der Waals surface area contributed by atoms with Gasteiger partial charge in [0.05, 0.1) is 35.8 Å². The molecule has 5 rings (SSSR count). The molecule has 9 heteroatoms. The largest absolute Gasteiger partial charge is 0.494 e. The van der Waals surface area contributed by atoms with Gasteiger partial charge in [-0.05, 0) is 82.9 Å². The summed E-state index contributed by atoms with van der Waals surface area (Å²) in [6.07, 6.45) is 1.37. The number of fused-ring (bicyclic) bond motifs is 1. The number of aliphatic hydroxyl groups excluding tert-OH is 1. The number of carbonyl (C=O) groups is 3. The maximum atomic E-state index is 14.1. The van der Waals surface area contributed by atoms with Crippen LogP contribution in [0.25, 0.3) is 0 Å². The van der Waals surface area contributed by atoms with Gasteiger partial charge in [0.1, 0.15) is 11.8 Å². The van der Waals surface area contributed by atoms with Gasteiger partial charge in [-0.1, -0.05) is 18.2 Å². The third kappa shape index (κ3) is 4.39. The minimum absolute atomic E-state index is 0.221. The lowest BCUT2D eigenvalue weighted by Gasteiger charge is -2.36. The molecule has 8 nitrogen and oxygen atoms in total. The number of likely N-dealkylation sites (tertiary alicyclic amines) is 1. The lowest BCUT2D eigenvalue weighted by atomic mass is 9.66. The third-order valence-corrected chi connectivity index (χ3v) is 10.6. The molecule has 3 heterocycles. The molecule has 0 radical (unpaired) electrons. The molecule has 208 valence electrons. The number of hydrogen-bond acceptors (Lipinski definition) is 6. The van der Waals surface area contributed by atoms with Crippen LogP contribution in [0, 0.1) is 25.7 Å². The van der Waals surface area contributed by atoms with E-state index in [1.165, 1.54) is 0 Å². The SMILES string of the molecule is CCOc1ccc(NC(=O)[C@@H]2[C@H]3C(=O)N([C@H](C)CO)C(C(=O)Nc4c(C)cccc4C)C34CC[C@@]2(C)S4)cc1. The molecular weight excluding hydrogens is 514 g/mol. The summed E-state index contributed by atoms with van der Waals surface area (Å²) in [6, 6.07) is 11.6. The molecule has 1 spiro atoms. The van der Waals surface area contributed by atoms with E-state index in [4.69, 9.17) is 4.74 Å². The second-order valence-corrected chi connectivity index (χ2v) is 13.1. The maximum Gasteiger partial charge on any atom is 0.248 e. The van der Waals surface area contributed by atoms with Crippen molar-refractivity contribution in [2.75, 3.05) is 23.8 Å². The lowest BCUT2D eigenvalue weighted by molar-refractivity contribution is -0.141. The summed E-state index contributed by atoms with van der Waals surface area (Å²) in [5, 5.41) is 16.2. The number of rotatable bonds is 8. The highest BCUT2D eigenvalue weighted by molar-refractivity contribution is 8.02. The summed E-state index contributed by atoms with van der Waals surface area (Å²) >= 11 is 1.61. The summed E-state index contributed by atoms with van der Waals surface area (Å²) in [5.41, 5.74) is 3.24. The predicted octanol–water partition coefficient (Wildman–Crippen LogP) is 4.14. The van der Waals surface area contributed by atoms with Crippen molar-refractivity contribution in [3.63, 3.8) is 0 Å². The number of thioether (sulfide) groups is 1. The van der Waals surface area contributed by atoms with Gasteiger partial charge in [-0.15, -0.1) is 11.8 Å². The van der Waals surface area contributed by atoms with Crippen LogP contribution in [0.4, 0.5) is 11.4 Å². The average molecular weight is 552 g/mol. The van der Waals surface area contributed by atoms with Gasteiger partial charge in [-0.25, -0.2) is 0 Å². The molecule has 3 fully saturated rings. The minimum atomic E-state index is -0.800. The van der Waals surface area contributed by atoms with Gasteiger partial charge in [-0.3, -0.25) is 14.4 Å². The second-order valence-electron chi connectivity index (χ2n) is 11.2. The highest BCUT2D eigenvalue weighted by atomic mass is 32.2. The number of aryl methyl sites for hydroxylation is 2. The fraction of sp³-hybridized carbons (Fsp3) is 0.500. The van der Waals surface area contributed by atoms with Gasteiger partial charge in [-0.2, -0.15) is 0 Å². The van der Waals surface area contributed by atoms with Crippen molar-refractivity contribution < 1.29 is 24.2 Å². The molecule has 0 saturated carbocycles. The van der Waals surface area contributed by atoms with Crippen LogP contribution in [0.15, 0.2) is 42.5 Å². The van der Waals surface area contributed by atoms with E-state index in [0.717, 1.165) is 23.2 Å². The van der Waals surface area contributed by atoms with Crippen molar-refractivity contribution in [2.24, 2.45) is 11.8 Å². The quantitative estimate of drug-likeness (QED) is 0.455. The molecule has 3 aliphatic rings. The number of hydrogen-bond donors (Lipinski definition) is 3. The molecule has 0 aliphatic carbocycles. The molecule has 6 atom stereocenters.